The summed E-state index contributed by atoms with van der Waals surface area (Å²) in [6, 6.07) is -1.80. The van der Waals surface area contributed by atoms with Crippen molar-refractivity contribution in [1.29, 1.82) is 0 Å². The van der Waals surface area contributed by atoms with Gasteiger partial charge in [-0.2, -0.15) is 0 Å². The van der Waals surface area contributed by atoms with Crippen molar-refractivity contribution in [2.45, 2.75) is 155 Å². The normalized spacial score (nSPS) is 41.7. The molecule has 2 aliphatic rings. The van der Waals surface area contributed by atoms with Gasteiger partial charge in [-0.25, -0.2) is 4.79 Å². The molecule has 2 heterocycles. The molecule has 2 aliphatic heterocycles. The third-order valence-corrected chi connectivity index (χ3v) is 10.1. The number of nitrogens with zero attached hydrogens (tertiary/aromatic N) is 2. The molecule has 4 N–H and O–H groups in total. The van der Waals surface area contributed by atoms with Crippen LogP contribution in [0.1, 0.15) is 88.5 Å². The molecular formula is C34H63N3O10. The molecule has 0 aromatic carbocycles. The fraction of sp³-hybridized carbons (Fsp3) is 0.912. The van der Waals surface area contributed by atoms with Gasteiger partial charge in [-0.05, 0) is 87.7 Å². The molecule has 13 nitrogen and oxygen atoms in total. The van der Waals surface area contributed by atoms with E-state index in [1.54, 1.807) is 27.7 Å². The van der Waals surface area contributed by atoms with Crippen molar-refractivity contribution in [2.75, 3.05) is 27.7 Å². The largest absolute Gasteiger partial charge is 0.459 e. The maximum atomic E-state index is 14.0. The average molecular weight is 674 g/mol. The lowest BCUT2D eigenvalue weighted by molar-refractivity contribution is -0.295. The molecular weight excluding hydrogens is 610 g/mol. The zero-order chi connectivity index (χ0) is 36.2. The van der Waals surface area contributed by atoms with Gasteiger partial charge in [0.1, 0.15) is 29.8 Å². The molecule has 2 amide bonds. The lowest BCUT2D eigenvalue weighted by Gasteiger charge is -2.47. The fourth-order valence-electron chi connectivity index (χ4n) is 7.13. The first-order chi connectivity index (χ1) is 21.6. The van der Waals surface area contributed by atoms with Crippen molar-refractivity contribution in [3.63, 3.8) is 0 Å². The van der Waals surface area contributed by atoms with Gasteiger partial charge in [0.05, 0.1) is 23.9 Å². The van der Waals surface area contributed by atoms with Crippen molar-refractivity contribution in [3.05, 3.63) is 0 Å². The number of hydrogen-bond acceptors (Lipinski definition) is 11. The maximum Gasteiger partial charge on any atom is 0.317 e. The van der Waals surface area contributed by atoms with E-state index in [0.717, 1.165) is 0 Å². The number of carbonyl (C=O) groups excluding carboxylic acids is 3. The first-order valence-corrected chi connectivity index (χ1v) is 17.0. The van der Waals surface area contributed by atoms with E-state index in [4.69, 9.17) is 18.9 Å². The Balaban J connectivity index is 2.70. The second-order valence-electron chi connectivity index (χ2n) is 14.9. The van der Waals surface area contributed by atoms with E-state index in [2.05, 4.69) is 5.32 Å². The standard InChI is InChI=1S/C34H63N3O10/c1-14-25-34(10,43)28(40)23(8)37(32(42)35-18(2)3)17-19(4)16-33(9,44-13)29(21(6)26(38)22(7)30(41)46-25)47-31-27(39)24(36(11)12)15-20(5)45-31/h18-25,27-29,31,39-40,43H,14-17H2,1-13H3,(H,35,42)/t19-,20-,21+,22-,23-,24+,25-,27-,28-,29-,31+,33?,34-/m1/s1. The number of likely N-dealkylation sites (N-methyl/N-ethyl adjacent to an activating group) is 1. The Morgan fingerprint density at radius 1 is 1.13 bits per heavy atom. The summed E-state index contributed by atoms with van der Waals surface area (Å²) < 4.78 is 24.5. The summed E-state index contributed by atoms with van der Waals surface area (Å²) in [5, 5.41) is 37.4. The second-order valence-corrected chi connectivity index (χ2v) is 14.9. The van der Waals surface area contributed by atoms with Crippen LogP contribution in [0.25, 0.3) is 0 Å². The van der Waals surface area contributed by atoms with E-state index >= 15 is 0 Å². The first kappa shape index (κ1) is 41.3. The fourth-order valence-corrected chi connectivity index (χ4v) is 7.13. The smallest absolute Gasteiger partial charge is 0.317 e. The monoisotopic (exact) mass is 673 g/mol. The second kappa shape index (κ2) is 16.7. The summed E-state index contributed by atoms with van der Waals surface area (Å²) in [6.07, 6.45) is -5.06. The molecule has 47 heavy (non-hydrogen) atoms. The van der Waals surface area contributed by atoms with Crippen molar-refractivity contribution in [1.82, 2.24) is 15.1 Å². The van der Waals surface area contributed by atoms with Gasteiger partial charge in [0.25, 0.3) is 0 Å². The van der Waals surface area contributed by atoms with E-state index in [1.807, 2.05) is 46.7 Å². The Hall–Kier alpha value is -1.87. The van der Waals surface area contributed by atoms with Crippen molar-refractivity contribution in [2.24, 2.45) is 17.8 Å². The molecule has 0 aromatic rings. The average Bonchev–Trinajstić information content (AvgIpc) is 2.99. The first-order valence-electron chi connectivity index (χ1n) is 17.0. The molecule has 13 atom stereocenters. The van der Waals surface area contributed by atoms with Crippen LogP contribution >= 0.6 is 0 Å². The Bertz CT molecular complexity index is 1060. The highest BCUT2D eigenvalue weighted by atomic mass is 16.7. The molecule has 274 valence electrons. The molecule has 0 aliphatic carbocycles. The minimum atomic E-state index is -1.96. The van der Waals surface area contributed by atoms with Crippen LogP contribution in [0.5, 0.6) is 0 Å². The summed E-state index contributed by atoms with van der Waals surface area (Å²) in [7, 11) is 5.25. The Morgan fingerprint density at radius 2 is 1.72 bits per heavy atom. The van der Waals surface area contributed by atoms with Gasteiger partial charge in [0.2, 0.25) is 0 Å². The van der Waals surface area contributed by atoms with E-state index < -0.39 is 77.6 Å². The minimum Gasteiger partial charge on any atom is -0.459 e. The Labute approximate surface area is 281 Å². The number of amides is 2. The topological polar surface area (TPSA) is 167 Å². The predicted octanol–water partition coefficient (Wildman–Crippen LogP) is 2.33. The molecule has 2 saturated heterocycles. The SMILES string of the molecule is CC[C@H]1OC(=O)[C@H](C)C(=O)[C@H](C)[C@@H](O[C@@H]2O[C@H](C)C[C@H](N(C)C)[C@H]2O)C(C)(OC)C[C@@H](C)CN(C(=O)NC(C)C)[C@H](C)[C@@H](O)[C@]1(C)O. The van der Waals surface area contributed by atoms with Crippen LogP contribution in [-0.2, 0) is 28.5 Å². The number of aliphatic hydroxyl groups excluding tert-OH is 2. The number of hydrogen-bond donors (Lipinski definition) is 4. The van der Waals surface area contributed by atoms with Crippen LogP contribution in [0.4, 0.5) is 4.79 Å². The lowest BCUT2D eigenvalue weighted by atomic mass is 9.78. The molecule has 0 radical (unpaired) electrons. The molecule has 0 spiro atoms. The molecule has 0 aromatic heterocycles. The number of Topliss-reactive ketones (excluding diaryl/α,β-unsaturated/α-hetero) is 1. The minimum absolute atomic E-state index is 0.142. The number of aliphatic hydroxyl groups is 3. The molecule has 2 rings (SSSR count). The summed E-state index contributed by atoms with van der Waals surface area (Å²) in [6.45, 7) is 17.2. The zero-order valence-corrected chi connectivity index (χ0v) is 30.9. The number of ketones is 1. The summed E-state index contributed by atoms with van der Waals surface area (Å²) >= 11 is 0. The number of ether oxygens (including phenoxy) is 4. The van der Waals surface area contributed by atoms with E-state index in [9.17, 15) is 29.7 Å². The quantitative estimate of drug-likeness (QED) is 0.241. The van der Waals surface area contributed by atoms with Crippen LogP contribution in [0, 0.1) is 17.8 Å². The van der Waals surface area contributed by atoms with Gasteiger partial charge >= 0.3 is 12.0 Å². The van der Waals surface area contributed by atoms with Crippen LogP contribution in [0.2, 0.25) is 0 Å². The van der Waals surface area contributed by atoms with Crippen molar-refractivity contribution >= 4 is 17.8 Å². The molecule has 0 saturated carbocycles. The van der Waals surface area contributed by atoms with Crippen LogP contribution < -0.4 is 5.32 Å². The lowest BCUT2D eigenvalue weighted by Crippen LogP contribution is -2.62. The van der Waals surface area contributed by atoms with Gasteiger partial charge < -0.3 is 49.4 Å². The van der Waals surface area contributed by atoms with Crippen LogP contribution in [-0.4, -0.2) is 137 Å². The number of methoxy groups -OCH3 is 1. The van der Waals surface area contributed by atoms with Gasteiger partial charge in [0.15, 0.2) is 12.1 Å². The van der Waals surface area contributed by atoms with Gasteiger partial charge in [-0.1, -0.05) is 20.8 Å². The zero-order valence-electron chi connectivity index (χ0n) is 30.9. The molecule has 1 unspecified atom stereocenters. The number of nitrogens with one attached hydrogen (secondary N) is 1. The van der Waals surface area contributed by atoms with E-state index in [1.165, 1.54) is 25.9 Å². The van der Waals surface area contributed by atoms with Gasteiger partial charge in [-0.3, -0.25) is 9.59 Å². The highest BCUT2D eigenvalue weighted by Crippen LogP contribution is 2.37. The van der Waals surface area contributed by atoms with Crippen LogP contribution in [0.15, 0.2) is 0 Å². The molecule has 2 fully saturated rings. The number of esters is 1. The maximum absolute atomic E-state index is 14.0. The highest BCUT2D eigenvalue weighted by Gasteiger charge is 2.51. The van der Waals surface area contributed by atoms with Gasteiger partial charge in [0, 0.05) is 31.7 Å². The van der Waals surface area contributed by atoms with E-state index in [-0.39, 0.29) is 43.5 Å². The number of rotatable bonds is 6. The van der Waals surface area contributed by atoms with Gasteiger partial charge in [-0.15, -0.1) is 0 Å². The molecule has 13 heteroatoms. The Morgan fingerprint density at radius 3 is 2.23 bits per heavy atom. The summed E-state index contributed by atoms with van der Waals surface area (Å²) in [4.78, 5) is 44.5. The number of cyclic esters (lactones) is 1. The Kier molecular flexibility index (Phi) is 14.7. The summed E-state index contributed by atoms with van der Waals surface area (Å²) in [5.74, 6) is -3.80. The van der Waals surface area contributed by atoms with Crippen molar-refractivity contribution < 1.29 is 48.7 Å². The third-order valence-electron chi connectivity index (χ3n) is 10.1. The molecule has 0 bridgehead atoms. The third kappa shape index (κ3) is 9.64. The van der Waals surface area contributed by atoms with E-state index in [0.29, 0.717) is 6.42 Å². The summed E-state index contributed by atoms with van der Waals surface area (Å²) in [5.41, 5.74) is -3.13. The number of urea groups is 1. The van der Waals surface area contributed by atoms with Crippen molar-refractivity contribution in [3.8, 4) is 0 Å². The number of carbonyl (C=O) groups is 3. The highest BCUT2D eigenvalue weighted by molar-refractivity contribution is 6.00. The van der Waals surface area contributed by atoms with Crippen LogP contribution in [0.3, 0.4) is 0 Å². The predicted molar refractivity (Wildman–Crippen MR) is 176 cm³/mol.